The zero-order valence-electron chi connectivity index (χ0n) is 11.0. The summed E-state index contributed by atoms with van der Waals surface area (Å²) in [4.78, 5) is 4.47. The maximum absolute atomic E-state index is 8.75. The molecule has 2 rings (SSSR count). The summed E-state index contributed by atoms with van der Waals surface area (Å²) >= 11 is 0. The lowest BCUT2D eigenvalue weighted by Gasteiger charge is -2.24. The molecular weight excluding hydrogens is 232 g/mol. The van der Waals surface area contributed by atoms with Gasteiger partial charge in [-0.15, -0.1) is 0 Å². The Balaban J connectivity index is 2.02. The number of aromatic nitrogens is 2. The van der Waals surface area contributed by atoms with Gasteiger partial charge < -0.3 is 14.4 Å². The molecule has 0 unspecified atom stereocenters. The minimum absolute atomic E-state index is 0.212. The molecule has 0 aliphatic heterocycles. The summed E-state index contributed by atoms with van der Waals surface area (Å²) in [6.07, 6.45) is 6.67. The number of hydrogen-bond acceptors (Lipinski definition) is 5. The third kappa shape index (κ3) is 2.90. The number of aryl methyl sites for hydroxylation is 1. The number of nitrogens with zero attached hydrogens (tertiary/aromatic N) is 2. The van der Waals surface area contributed by atoms with E-state index in [9.17, 15) is 0 Å². The van der Waals surface area contributed by atoms with Crippen LogP contribution in [-0.2, 0) is 16.8 Å². The lowest BCUT2D eigenvalue weighted by atomic mass is 10.0. The van der Waals surface area contributed by atoms with E-state index < -0.39 is 0 Å². The Hall–Kier alpha value is -0.940. The van der Waals surface area contributed by atoms with Crippen LogP contribution in [0.5, 0.6) is 0 Å². The van der Waals surface area contributed by atoms with Crippen LogP contribution in [0.25, 0.3) is 0 Å². The Bertz CT molecular complexity index is 359. The first-order valence-electron chi connectivity index (χ1n) is 6.88. The number of hydrogen-bond donors (Lipinski definition) is 1. The standard InChI is InChI=1S/C13H22N2O3/c1-2-17-13(8-4-5-9-13)12-14-11(18-15-12)7-3-6-10-16/h16H,2-10H2,1H3. The van der Waals surface area contributed by atoms with E-state index in [1.165, 1.54) is 0 Å². The predicted molar refractivity (Wildman–Crippen MR) is 66.1 cm³/mol. The summed E-state index contributed by atoms with van der Waals surface area (Å²) in [6, 6.07) is 0. The first-order chi connectivity index (χ1) is 8.80. The van der Waals surface area contributed by atoms with Crippen LogP contribution in [0.2, 0.25) is 0 Å². The topological polar surface area (TPSA) is 68.4 Å². The van der Waals surface area contributed by atoms with Gasteiger partial charge in [0.1, 0.15) is 5.60 Å². The summed E-state index contributed by atoms with van der Waals surface area (Å²) < 4.78 is 11.2. The minimum Gasteiger partial charge on any atom is -0.396 e. The Kier molecular flexibility index (Phi) is 4.72. The molecule has 5 heteroatoms. The molecule has 1 fully saturated rings. The van der Waals surface area contributed by atoms with Crippen LogP contribution in [0.15, 0.2) is 4.52 Å². The van der Waals surface area contributed by atoms with E-state index in [0.29, 0.717) is 18.3 Å². The second-order valence-corrected chi connectivity index (χ2v) is 4.83. The summed E-state index contributed by atoms with van der Waals surface area (Å²) in [7, 11) is 0. The van der Waals surface area contributed by atoms with Crippen LogP contribution >= 0.6 is 0 Å². The number of aliphatic hydroxyl groups is 1. The quantitative estimate of drug-likeness (QED) is 0.755. The molecule has 1 aromatic rings. The van der Waals surface area contributed by atoms with Crippen molar-refractivity contribution in [3.63, 3.8) is 0 Å². The van der Waals surface area contributed by atoms with Crippen LogP contribution < -0.4 is 0 Å². The van der Waals surface area contributed by atoms with Crippen molar-refractivity contribution in [1.29, 1.82) is 0 Å². The molecule has 5 nitrogen and oxygen atoms in total. The summed E-state index contributed by atoms with van der Waals surface area (Å²) in [5.74, 6) is 1.37. The Morgan fingerprint density at radius 3 is 2.78 bits per heavy atom. The highest BCUT2D eigenvalue weighted by Crippen LogP contribution is 2.40. The van der Waals surface area contributed by atoms with Gasteiger partial charge in [0.05, 0.1) is 0 Å². The third-order valence-electron chi connectivity index (χ3n) is 3.51. The molecule has 0 radical (unpaired) electrons. The van der Waals surface area contributed by atoms with Gasteiger partial charge in [0.2, 0.25) is 11.7 Å². The lowest BCUT2D eigenvalue weighted by Crippen LogP contribution is -2.27. The van der Waals surface area contributed by atoms with E-state index >= 15 is 0 Å². The van der Waals surface area contributed by atoms with Crippen molar-refractivity contribution in [2.75, 3.05) is 13.2 Å². The van der Waals surface area contributed by atoms with Crippen molar-refractivity contribution < 1.29 is 14.4 Å². The molecule has 1 aromatic heterocycles. The molecule has 1 N–H and O–H groups in total. The second-order valence-electron chi connectivity index (χ2n) is 4.83. The summed E-state index contributed by atoms with van der Waals surface area (Å²) in [5, 5.41) is 12.8. The normalized spacial score (nSPS) is 18.3. The second kappa shape index (κ2) is 6.29. The molecule has 0 bridgehead atoms. The molecule has 0 amide bonds. The average Bonchev–Trinajstić information content (AvgIpc) is 2.99. The first-order valence-corrected chi connectivity index (χ1v) is 6.88. The number of aliphatic hydroxyl groups excluding tert-OH is 1. The molecule has 18 heavy (non-hydrogen) atoms. The van der Waals surface area contributed by atoms with Crippen molar-refractivity contribution in [3.05, 3.63) is 11.7 Å². The molecule has 0 spiro atoms. The lowest BCUT2D eigenvalue weighted by molar-refractivity contribution is -0.0469. The van der Waals surface area contributed by atoms with Gasteiger partial charge in [0.15, 0.2) is 0 Å². The molecule has 1 heterocycles. The van der Waals surface area contributed by atoms with Crippen LogP contribution in [-0.4, -0.2) is 28.5 Å². The number of rotatable bonds is 7. The fourth-order valence-electron chi connectivity index (χ4n) is 2.58. The minimum atomic E-state index is -0.312. The number of ether oxygens (including phenoxy) is 1. The highest BCUT2D eigenvalue weighted by Gasteiger charge is 2.40. The Morgan fingerprint density at radius 1 is 1.33 bits per heavy atom. The molecule has 0 aromatic carbocycles. The van der Waals surface area contributed by atoms with Gasteiger partial charge in [0, 0.05) is 19.6 Å². The van der Waals surface area contributed by atoms with Crippen molar-refractivity contribution >= 4 is 0 Å². The maximum Gasteiger partial charge on any atom is 0.226 e. The van der Waals surface area contributed by atoms with E-state index in [0.717, 1.165) is 44.9 Å². The average molecular weight is 254 g/mol. The highest BCUT2D eigenvalue weighted by molar-refractivity contribution is 5.04. The van der Waals surface area contributed by atoms with Gasteiger partial charge in [-0.2, -0.15) is 4.98 Å². The van der Waals surface area contributed by atoms with E-state index in [1.54, 1.807) is 0 Å². The van der Waals surface area contributed by atoms with Crippen molar-refractivity contribution in [2.45, 2.75) is 57.5 Å². The SMILES string of the molecule is CCOC1(c2noc(CCCCO)n2)CCCC1. The summed E-state index contributed by atoms with van der Waals surface area (Å²) in [5.41, 5.74) is -0.312. The van der Waals surface area contributed by atoms with Gasteiger partial charge in [-0.1, -0.05) is 5.16 Å². The highest BCUT2D eigenvalue weighted by atomic mass is 16.5. The molecule has 0 saturated heterocycles. The largest absolute Gasteiger partial charge is 0.396 e. The third-order valence-corrected chi connectivity index (χ3v) is 3.51. The molecule has 1 saturated carbocycles. The van der Waals surface area contributed by atoms with Crippen LogP contribution in [0, 0.1) is 0 Å². The molecular formula is C13H22N2O3. The van der Waals surface area contributed by atoms with Gasteiger partial charge in [-0.05, 0) is 45.4 Å². The van der Waals surface area contributed by atoms with Gasteiger partial charge in [-0.3, -0.25) is 0 Å². The van der Waals surface area contributed by atoms with Gasteiger partial charge >= 0.3 is 0 Å². The smallest absolute Gasteiger partial charge is 0.226 e. The molecule has 102 valence electrons. The van der Waals surface area contributed by atoms with Gasteiger partial charge in [-0.25, -0.2) is 0 Å². The van der Waals surface area contributed by atoms with Crippen LogP contribution in [0.3, 0.4) is 0 Å². The van der Waals surface area contributed by atoms with Crippen LogP contribution in [0.1, 0.15) is 57.2 Å². The number of unbranched alkanes of at least 4 members (excludes halogenated alkanes) is 1. The van der Waals surface area contributed by atoms with Gasteiger partial charge in [0.25, 0.3) is 0 Å². The molecule has 0 atom stereocenters. The zero-order valence-corrected chi connectivity index (χ0v) is 11.0. The Labute approximate surface area is 108 Å². The van der Waals surface area contributed by atoms with E-state index in [1.807, 2.05) is 6.92 Å². The maximum atomic E-state index is 8.75. The van der Waals surface area contributed by atoms with E-state index in [4.69, 9.17) is 14.4 Å². The van der Waals surface area contributed by atoms with Crippen molar-refractivity contribution in [3.8, 4) is 0 Å². The van der Waals surface area contributed by atoms with Crippen molar-refractivity contribution in [1.82, 2.24) is 10.1 Å². The summed E-state index contributed by atoms with van der Waals surface area (Å²) in [6.45, 7) is 2.89. The van der Waals surface area contributed by atoms with Crippen molar-refractivity contribution in [2.24, 2.45) is 0 Å². The van der Waals surface area contributed by atoms with E-state index in [2.05, 4.69) is 10.1 Å². The zero-order chi connectivity index (χ0) is 12.8. The first kappa shape index (κ1) is 13.5. The monoisotopic (exact) mass is 254 g/mol. The molecule has 1 aliphatic rings. The fraction of sp³-hybridized carbons (Fsp3) is 0.846. The fourth-order valence-corrected chi connectivity index (χ4v) is 2.58. The predicted octanol–water partition coefficient (Wildman–Crippen LogP) is 2.19. The molecule has 1 aliphatic carbocycles. The van der Waals surface area contributed by atoms with E-state index in [-0.39, 0.29) is 12.2 Å². The Morgan fingerprint density at radius 2 is 2.11 bits per heavy atom. The van der Waals surface area contributed by atoms with Crippen LogP contribution in [0.4, 0.5) is 0 Å².